The van der Waals surface area contributed by atoms with Crippen molar-refractivity contribution in [2.24, 2.45) is 0 Å². The van der Waals surface area contributed by atoms with Gasteiger partial charge in [0.05, 0.1) is 17.1 Å². The first-order chi connectivity index (χ1) is 11.8. The minimum Gasteiger partial charge on any atom is -0.336 e. The van der Waals surface area contributed by atoms with E-state index in [0.29, 0.717) is 5.02 Å². The molecule has 0 aliphatic carbocycles. The molecule has 0 saturated heterocycles. The molecule has 0 bridgehead atoms. The summed E-state index contributed by atoms with van der Waals surface area (Å²) in [7, 11) is 0. The number of nitrogens with zero attached hydrogens (tertiary/aromatic N) is 3. The normalized spacial score (nSPS) is 10.7. The van der Waals surface area contributed by atoms with Crippen LogP contribution in [0.3, 0.4) is 0 Å². The molecule has 3 aromatic heterocycles. The van der Waals surface area contributed by atoms with Crippen molar-refractivity contribution < 1.29 is 0 Å². The Balaban J connectivity index is 1.89. The van der Waals surface area contributed by atoms with Gasteiger partial charge < -0.3 is 4.98 Å². The van der Waals surface area contributed by atoms with Crippen molar-refractivity contribution in [3.05, 3.63) is 78.1 Å². The van der Waals surface area contributed by atoms with Crippen LogP contribution in [0.5, 0.6) is 0 Å². The van der Waals surface area contributed by atoms with Gasteiger partial charge in [0, 0.05) is 23.0 Å². The molecule has 0 fully saturated rings. The predicted octanol–water partition coefficient (Wildman–Crippen LogP) is 4.85. The molecule has 0 atom stereocenters. The molecule has 0 amide bonds. The summed E-state index contributed by atoms with van der Waals surface area (Å²) in [4.78, 5) is 17.0. The van der Waals surface area contributed by atoms with Crippen LogP contribution >= 0.6 is 11.6 Å². The Labute approximate surface area is 144 Å². The first-order valence-corrected chi connectivity index (χ1v) is 7.88. The lowest BCUT2D eigenvalue weighted by molar-refractivity contribution is 1.27. The number of H-pyrrole nitrogens is 1. The monoisotopic (exact) mass is 332 g/mol. The lowest BCUT2D eigenvalue weighted by Gasteiger charge is -2.00. The van der Waals surface area contributed by atoms with E-state index in [4.69, 9.17) is 16.6 Å². The maximum Gasteiger partial charge on any atom is 0.138 e. The van der Waals surface area contributed by atoms with E-state index in [1.165, 1.54) is 0 Å². The molecule has 3 heterocycles. The Morgan fingerprint density at radius 2 is 1.42 bits per heavy atom. The van der Waals surface area contributed by atoms with Gasteiger partial charge in [0.2, 0.25) is 0 Å². The van der Waals surface area contributed by atoms with E-state index in [9.17, 15) is 0 Å². The maximum absolute atomic E-state index is 5.98. The number of hydrogen-bond acceptors (Lipinski definition) is 3. The quantitative estimate of drug-likeness (QED) is 0.583. The van der Waals surface area contributed by atoms with Crippen LogP contribution in [0.15, 0.2) is 73.1 Å². The van der Waals surface area contributed by atoms with Crippen molar-refractivity contribution >= 4 is 11.6 Å². The fraction of sp³-hybridized carbons (Fsp3) is 0. The molecular weight excluding hydrogens is 320 g/mol. The molecule has 0 saturated carbocycles. The molecule has 1 aromatic carbocycles. The molecule has 0 radical (unpaired) electrons. The Bertz CT molecular complexity index is 891. The van der Waals surface area contributed by atoms with E-state index in [1.54, 1.807) is 12.4 Å². The Kier molecular flexibility index (Phi) is 3.81. The van der Waals surface area contributed by atoms with Crippen LogP contribution in [-0.2, 0) is 0 Å². The number of rotatable bonds is 3. The summed E-state index contributed by atoms with van der Waals surface area (Å²) < 4.78 is 0. The van der Waals surface area contributed by atoms with Crippen LogP contribution in [0.25, 0.3) is 34.2 Å². The molecule has 0 aliphatic heterocycles. The summed E-state index contributed by atoms with van der Waals surface area (Å²) in [6, 6.07) is 19.1. The van der Waals surface area contributed by atoms with Crippen molar-refractivity contribution in [2.45, 2.75) is 0 Å². The number of hydrogen-bond donors (Lipinski definition) is 1. The Hall–Kier alpha value is -2.98. The highest BCUT2D eigenvalue weighted by Gasteiger charge is 2.16. The van der Waals surface area contributed by atoms with E-state index >= 15 is 0 Å². The zero-order valence-electron chi connectivity index (χ0n) is 12.6. The van der Waals surface area contributed by atoms with Crippen LogP contribution in [0.4, 0.5) is 0 Å². The smallest absolute Gasteiger partial charge is 0.138 e. The van der Waals surface area contributed by atoms with Crippen LogP contribution < -0.4 is 0 Å². The zero-order chi connectivity index (χ0) is 16.4. The topological polar surface area (TPSA) is 54.5 Å². The van der Waals surface area contributed by atoms with Gasteiger partial charge in [0.25, 0.3) is 0 Å². The fourth-order valence-corrected chi connectivity index (χ4v) is 2.63. The van der Waals surface area contributed by atoms with E-state index in [0.717, 1.165) is 34.2 Å². The van der Waals surface area contributed by atoms with Gasteiger partial charge in [-0.3, -0.25) is 9.97 Å². The van der Waals surface area contributed by atoms with E-state index < -0.39 is 0 Å². The van der Waals surface area contributed by atoms with E-state index in [-0.39, 0.29) is 0 Å². The third kappa shape index (κ3) is 2.79. The first kappa shape index (κ1) is 14.6. The summed E-state index contributed by atoms with van der Waals surface area (Å²) in [6.45, 7) is 0. The standard InChI is InChI=1S/C19H13ClN4/c20-14-9-7-13(8-10-14)19-23-17(15-5-1-3-11-21-15)18(24-19)16-6-2-4-12-22-16/h1-12H,(H,23,24). The van der Waals surface area contributed by atoms with Gasteiger partial charge >= 0.3 is 0 Å². The minimum atomic E-state index is 0.695. The van der Waals surface area contributed by atoms with E-state index in [1.807, 2.05) is 60.7 Å². The van der Waals surface area contributed by atoms with Gasteiger partial charge in [-0.05, 0) is 48.5 Å². The summed E-state index contributed by atoms with van der Waals surface area (Å²) in [6.07, 6.45) is 3.52. The van der Waals surface area contributed by atoms with Crippen molar-refractivity contribution in [2.75, 3.05) is 0 Å². The third-order valence-electron chi connectivity index (χ3n) is 3.65. The number of imidazole rings is 1. The van der Waals surface area contributed by atoms with Crippen molar-refractivity contribution in [1.29, 1.82) is 0 Å². The summed E-state index contributed by atoms with van der Waals surface area (Å²) in [5.74, 6) is 0.757. The number of nitrogens with one attached hydrogen (secondary N) is 1. The van der Waals surface area contributed by atoms with Crippen molar-refractivity contribution in [1.82, 2.24) is 19.9 Å². The molecule has 5 heteroatoms. The second-order valence-corrected chi connectivity index (χ2v) is 5.68. The van der Waals surface area contributed by atoms with Crippen molar-refractivity contribution in [3.8, 4) is 34.2 Å². The second-order valence-electron chi connectivity index (χ2n) is 5.25. The number of aromatic amines is 1. The average molecular weight is 333 g/mol. The summed E-state index contributed by atoms with van der Waals surface area (Å²) in [5, 5.41) is 0.695. The number of pyridine rings is 2. The van der Waals surface area contributed by atoms with Gasteiger partial charge in [0.1, 0.15) is 11.5 Å². The third-order valence-corrected chi connectivity index (χ3v) is 3.90. The maximum atomic E-state index is 5.98. The van der Waals surface area contributed by atoms with Crippen LogP contribution in [0.1, 0.15) is 0 Å². The Morgan fingerprint density at radius 3 is 2.04 bits per heavy atom. The highest BCUT2D eigenvalue weighted by Crippen LogP contribution is 2.31. The van der Waals surface area contributed by atoms with Gasteiger partial charge in [-0.2, -0.15) is 0 Å². The highest BCUT2D eigenvalue weighted by molar-refractivity contribution is 6.30. The molecule has 0 aliphatic rings. The predicted molar refractivity (Wildman–Crippen MR) is 95.5 cm³/mol. The average Bonchev–Trinajstić information content (AvgIpc) is 3.09. The number of halogens is 1. The molecule has 4 nitrogen and oxygen atoms in total. The molecule has 0 unspecified atom stereocenters. The number of aromatic nitrogens is 4. The second kappa shape index (κ2) is 6.26. The van der Waals surface area contributed by atoms with E-state index in [2.05, 4.69) is 15.0 Å². The highest BCUT2D eigenvalue weighted by atomic mass is 35.5. The fourth-order valence-electron chi connectivity index (χ4n) is 2.50. The number of benzene rings is 1. The first-order valence-electron chi connectivity index (χ1n) is 7.50. The van der Waals surface area contributed by atoms with Crippen LogP contribution in [-0.4, -0.2) is 19.9 Å². The van der Waals surface area contributed by atoms with Crippen molar-refractivity contribution in [3.63, 3.8) is 0 Å². The van der Waals surface area contributed by atoms with Gasteiger partial charge in [-0.1, -0.05) is 23.7 Å². The zero-order valence-corrected chi connectivity index (χ0v) is 13.4. The lowest BCUT2D eigenvalue weighted by atomic mass is 10.2. The van der Waals surface area contributed by atoms with Gasteiger partial charge in [-0.25, -0.2) is 4.98 Å². The van der Waals surface area contributed by atoms with Crippen LogP contribution in [0.2, 0.25) is 5.02 Å². The summed E-state index contributed by atoms with van der Waals surface area (Å²) >= 11 is 5.98. The molecule has 24 heavy (non-hydrogen) atoms. The van der Waals surface area contributed by atoms with Gasteiger partial charge in [-0.15, -0.1) is 0 Å². The molecule has 0 spiro atoms. The Morgan fingerprint density at radius 1 is 0.750 bits per heavy atom. The van der Waals surface area contributed by atoms with Crippen LogP contribution in [0, 0.1) is 0 Å². The SMILES string of the molecule is Clc1ccc(-c2nc(-c3ccccn3)c(-c3ccccn3)[nH]2)cc1. The molecular formula is C19H13ClN4. The minimum absolute atomic E-state index is 0.695. The molecule has 116 valence electrons. The molecule has 1 N–H and O–H groups in total. The van der Waals surface area contributed by atoms with Gasteiger partial charge in [0.15, 0.2) is 0 Å². The largest absolute Gasteiger partial charge is 0.336 e. The lowest BCUT2D eigenvalue weighted by Crippen LogP contribution is -1.88. The molecule has 4 aromatic rings. The molecule has 4 rings (SSSR count). The summed E-state index contributed by atoms with van der Waals surface area (Å²) in [5.41, 5.74) is 4.21.